The minimum Gasteiger partial charge on any atom is -0.409 e. The molecule has 0 aromatic carbocycles. The second-order valence-corrected chi connectivity index (χ2v) is 5.37. The van der Waals surface area contributed by atoms with Crippen molar-refractivity contribution in [2.75, 3.05) is 7.05 Å². The fourth-order valence-electron chi connectivity index (χ4n) is 1.61. The molecular formula is C10H16ClN3OS. The average molecular weight is 262 g/mol. The third kappa shape index (κ3) is 3.37. The normalized spacial score (nSPS) is 14.4. The van der Waals surface area contributed by atoms with E-state index in [0.29, 0.717) is 0 Å². The lowest BCUT2D eigenvalue weighted by Crippen LogP contribution is -2.41. The van der Waals surface area contributed by atoms with Crippen molar-refractivity contribution in [1.82, 2.24) is 4.90 Å². The second-order valence-electron chi connectivity index (χ2n) is 3.57. The number of amidine groups is 1. The number of nitrogens with zero attached hydrogens (tertiary/aromatic N) is 2. The number of hydrogen-bond acceptors (Lipinski definition) is 4. The Kier molecular flexibility index (Phi) is 5.05. The van der Waals surface area contributed by atoms with E-state index in [0.717, 1.165) is 22.2 Å². The molecule has 0 amide bonds. The Morgan fingerprint density at radius 1 is 1.69 bits per heavy atom. The molecule has 1 unspecified atom stereocenters. The maximum Gasteiger partial charge on any atom is 0.156 e. The Labute approximate surface area is 104 Å². The van der Waals surface area contributed by atoms with Crippen molar-refractivity contribution in [3.63, 3.8) is 0 Å². The van der Waals surface area contributed by atoms with Crippen LogP contribution in [0.4, 0.5) is 0 Å². The quantitative estimate of drug-likeness (QED) is 0.370. The molecule has 90 valence electrons. The fourth-order valence-corrected chi connectivity index (χ4v) is 2.76. The SMILES string of the molecule is CCC(C(N)=NO)N(C)Cc1ccc(Cl)s1. The lowest BCUT2D eigenvalue weighted by atomic mass is 10.2. The van der Waals surface area contributed by atoms with Gasteiger partial charge in [0.2, 0.25) is 0 Å². The van der Waals surface area contributed by atoms with Crippen LogP contribution < -0.4 is 5.73 Å². The standard InChI is InChI=1S/C10H16ClN3OS/c1-3-8(10(12)13-15)14(2)6-7-4-5-9(11)16-7/h4-5,8,15H,3,6H2,1-2H3,(H2,12,13). The van der Waals surface area contributed by atoms with E-state index in [4.69, 9.17) is 22.5 Å². The molecule has 0 fully saturated rings. The van der Waals surface area contributed by atoms with Gasteiger partial charge in [-0.05, 0) is 25.6 Å². The smallest absolute Gasteiger partial charge is 0.156 e. The van der Waals surface area contributed by atoms with Crippen LogP contribution in [0.5, 0.6) is 0 Å². The van der Waals surface area contributed by atoms with E-state index in [9.17, 15) is 0 Å². The van der Waals surface area contributed by atoms with Crippen LogP contribution >= 0.6 is 22.9 Å². The van der Waals surface area contributed by atoms with Crippen molar-refractivity contribution in [2.24, 2.45) is 10.9 Å². The van der Waals surface area contributed by atoms with Gasteiger partial charge in [-0.25, -0.2) is 0 Å². The third-order valence-electron chi connectivity index (χ3n) is 2.41. The lowest BCUT2D eigenvalue weighted by molar-refractivity contribution is 0.266. The molecular weight excluding hydrogens is 246 g/mol. The van der Waals surface area contributed by atoms with Gasteiger partial charge >= 0.3 is 0 Å². The van der Waals surface area contributed by atoms with E-state index < -0.39 is 0 Å². The van der Waals surface area contributed by atoms with Crippen LogP contribution in [0.2, 0.25) is 4.34 Å². The van der Waals surface area contributed by atoms with Gasteiger partial charge < -0.3 is 10.9 Å². The predicted molar refractivity (Wildman–Crippen MR) is 68.3 cm³/mol. The van der Waals surface area contributed by atoms with Crippen LogP contribution in [0.25, 0.3) is 0 Å². The van der Waals surface area contributed by atoms with Gasteiger partial charge in [-0.2, -0.15) is 0 Å². The summed E-state index contributed by atoms with van der Waals surface area (Å²) in [6.07, 6.45) is 0.797. The van der Waals surface area contributed by atoms with Gasteiger partial charge in [-0.3, -0.25) is 4.90 Å². The number of oxime groups is 1. The summed E-state index contributed by atoms with van der Waals surface area (Å²) in [5, 5.41) is 11.7. The van der Waals surface area contributed by atoms with Gasteiger partial charge in [-0.1, -0.05) is 23.7 Å². The number of halogens is 1. The largest absolute Gasteiger partial charge is 0.409 e. The van der Waals surface area contributed by atoms with Crippen LogP contribution in [0.3, 0.4) is 0 Å². The summed E-state index contributed by atoms with van der Waals surface area (Å²) in [6.45, 7) is 2.74. The van der Waals surface area contributed by atoms with E-state index in [1.54, 1.807) is 11.3 Å². The molecule has 3 N–H and O–H groups in total. The Morgan fingerprint density at radius 3 is 2.81 bits per heavy atom. The molecule has 1 aromatic rings. The first kappa shape index (κ1) is 13.3. The molecule has 1 rings (SSSR count). The Bertz CT molecular complexity index is 367. The van der Waals surface area contributed by atoms with Crippen molar-refractivity contribution in [3.05, 3.63) is 21.3 Å². The van der Waals surface area contributed by atoms with Crippen molar-refractivity contribution in [1.29, 1.82) is 0 Å². The van der Waals surface area contributed by atoms with Crippen molar-refractivity contribution in [3.8, 4) is 0 Å². The first-order valence-corrected chi connectivity index (χ1v) is 6.19. The first-order chi connectivity index (χ1) is 7.58. The van der Waals surface area contributed by atoms with Gasteiger partial charge in [0.05, 0.1) is 10.4 Å². The average Bonchev–Trinajstić information content (AvgIpc) is 2.64. The van der Waals surface area contributed by atoms with Gasteiger partial charge in [0.15, 0.2) is 5.84 Å². The molecule has 0 saturated carbocycles. The molecule has 0 bridgehead atoms. The zero-order chi connectivity index (χ0) is 12.1. The van der Waals surface area contributed by atoms with Crippen molar-refractivity contribution < 1.29 is 5.21 Å². The van der Waals surface area contributed by atoms with Gasteiger partial charge in [-0.15, -0.1) is 11.3 Å². The van der Waals surface area contributed by atoms with E-state index in [-0.39, 0.29) is 11.9 Å². The van der Waals surface area contributed by atoms with Crippen LogP contribution in [0.15, 0.2) is 17.3 Å². The fraction of sp³-hybridized carbons (Fsp3) is 0.500. The minimum atomic E-state index is -0.0501. The summed E-state index contributed by atoms with van der Waals surface area (Å²) >= 11 is 7.40. The minimum absolute atomic E-state index is 0.0501. The molecule has 0 saturated heterocycles. The third-order valence-corrected chi connectivity index (χ3v) is 3.63. The molecule has 1 heterocycles. The molecule has 0 aliphatic carbocycles. The number of nitrogens with two attached hydrogens (primary N) is 1. The summed E-state index contributed by atoms with van der Waals surface area (Å²) in [6, 6.07) is 3.81. The highest BCUT2D eigenvalue weighted by Gasteiger charge is 2.17. The summed E-state index contributed by atoms with van der Waals surface area (Å²) in [4.78, 5) is 3.20. The molecule has 4 nitrogen and oxygen atoms in total. The molecule has 0 aliphatic heterocycles. The van der Waals surface area contributed by atoms with Gasteiger partial charge in [0.25, 0.3) is 0 Å². The van der Waals surface area contributed by atoms with Gasteiger partial charge in [0.1, 0.15) is 0 Å². The maximum atomic E-state index is 8.67. The Morgan fingerprint density at radius 2 is 2.38 bits per heavy atom. The highest BCUT2D eigenvalue weighted by atomic mass is 35.5. The van der Waals surface area contributed by atoms with Crippen molar-refractivity contribution in [2.45, 2.75) is 25.9 Å². The predicted octanol–water partition coefficient (Wildman–Crippen LogP) is 2.36. The first-order valence-electron chi connectivity index (χ1n) is 5.00. The molecule has 0 radical (unpaired) electrons. The number of likely N-dealkylation sites (N-methyl/N-ethyl adjacent to an activating group) is 1. The number of rotatable bonds is 5. The topological polar surface area (TPSA) is 61.9 Å². The van der Waals surface area contributed by atoms with E-state index in [2.05, 4.69) is 5.16 Å². The Balaban J connectivity index is 2.66. The Hall–Kier alpha value is -0.780. The second kappa shape index (κ2) is 6.08. The van der Waals surface area contributed by atoms with Crippen LogP contribution in [-0.4, -0.2) is 29.0 Å². The van der Waals surface area contributed by atoms with E-state index in [1.165, 1.54) is 0 Å². The van der Waals surface area contributed by atoms with E-state index in [1.807, 2.05) is 31.0 Å². The molecule has 16 heavy (non-hydrogen) atoms. The molecule has 0 aliphatic rings. The van der Waals surface area contributed by atoms with Gasteiger partial charge in [0, 0.05) is 11.4 Å². The van der Waals surface area contributed by atoms with E-state index >= 15 is 0 Å². The van der Waals surface area contributed by atoms with Crippen LogP contribution in [0.1, 0.15) is 18.2 Å². The maximum absolute atomic E-state index is 8.67. The monoisotopic (exact) mass is 261 g/mol. The summed E-state index contributed by atoms with van der Waals surface area (Å²) in [7, 11) is 1.94. The van der Waals surface area contributed by atoms with Crippen LogP contribution in [0, 0.1) is 0 Å². The molecule has 1 atom stereocenters. The molecule has 6 heteroatoms. The molecule has 1 aromatic heterocycles. The number of thiophene rings is 1. The zero-order valence-electron chi connectivity index (χ0n) is 9.35. The van der Waals surface area contributed by atoms with Crippen molar-refractivity contribution >= 4 is 28.8 Å². The number of hydrogen-bond donors (Lipinski definition) is 2. The molecule has 0 spiro atoms. The lowest BCUT2D eigenvalue weighted by Gasteiger charge is -2.25. The van der Waals surface area contributed by atoms with Crippen LogP contribution in [-0.2, 0) is 6.54 Å². The summed E-state index contributed by atoms with van der Waals surface area (Å²) in [5.74, 6) is 0.243. The summed E-state index contributed by atoms with van der Waals surface area (Å²) < 4.78 is 0.778. The zero-order valence-corrected chi connectivity index (χ0v) is 10.9. The summed E-state index contributed by atoms with van der Waals surface area (Å²) in [5.41, 5.74) is 5.62. The highest BCUT2D eigenvalue weighted by Crippen LogP contribution is 2.23. The highest BCUT2D eigenvalue weighted by molar-refractivity contribution is 7.16.